The van der Waals surface area contributed by atoms with Crippen LogP contribution in [0.1, 0.15) is 13.3 Å². The van der Waals surface area contributed by atoms with Crippen molar-refractivity contribution in [3.63, 3.8) is 0 Å². The summed E-state index contributed by atoms with van der Waals surface area (Å²) < 4.78 is 43.2. The van der Waals surface area contributed by atoms with E-state index < -0.39 is 19.1 Å². The SMILES string of the molecule is CCN1CC[C@H](Nc2nc(NC)c3c(-c4ccc5nnn(CC(F)F)c5n4)ccn3n2)[C@H](F)C1. The van der Waals surface area contributed by atoms with E-state index in [4.69, 9.17) is 0 Å². The van der Waals surface area contributed by atoms with Crippen LogP contribution in [-0.2, 0) is 6.54 Å². The fourth-order valence-electron chi connectivity index (χ4n) is 4.31. The first kappa shape index (κ1) is 22.3. The number of nitrogens with one attached hydrogen (secondary N) is 2. The molecule has 0 saturated carbocycles. The Morgan fingerprint density at radius 1 is 1.21 bits per heavy atom. The Balaban J connectivity index is 1.48. The Morgan fingerprint density at radius 2 is 2.06 bits per heavy atom. The number of hydrogen-bond acceptors (Lipinski definition) is 8. The van der Waals surface area contributed by atoms with E-state index >= 15 is 0 Å². The van der Waals surface area contributed by atoms with Gasteiger partial charge in [0.25, 0.3) is 6.43 Å². The Bertz CT molecular complexity index is 1300. The molecule has 13 heteroatoms. The zero-order chi connectivity index (χ0) is 23.8. The monoisotopic (exact) mass is 474 g/mol. The fourth-order valence-corrected chi connectivity index (χ4v) is 4.31. The first-order chi connectivity index (χ1) is 16.5. The van der Waals surface area contributed by atoms with Crippen LogP contribution in [0.25, 0.3) is 27.9 Å². The van der Waals surface area contributed by atoms with Crippen molar-refractivity contribution >= 4 is 28.4 Å². The molecule has 0 unspecified atom stereocenters. The van der Waals surface area contributed by atoms with Gasteiger partial charge in [0.2, 0.25) is 5.95 Å². The molecule has 4 aromatic rings. The minimum absolute atomic E-state index is 0.273. The summed E-state index contributed by atoms with van der Waals surface area (Å²) in [7, 11) is 1.73. The Kier molecular flexibility index (Phi) is 5.94. The number of fused-ring (bicyclic) bond motifs is 2. The van der Waals surface area contributed by atoms with Gasteiger partial charge < -0.3 is 15.5 Å². The fraction of sp³-hybridized carbons (Fsp3) is 0.476. The highest BCUT2D eigenvalue weighted by Crippen LogP contribution is 2.30. The number of halogens is 3. The van der Waals surface area contributed by atoms with Crippen LogP contribution in [0.2, 0.25) is 0 Å². The predicted molar refractivity (Wildman–Crippen MR) is 122 cm³/mol. The first-order valence-electron chi connectivity index (χ1n) is 11.2. The molecule has 2 atom stereocenters. The lowest BCUT2D eigenvalue weighted by atomic mass is 10.0. The Hall–Kier alpha value is -3.48. The third-order valence-corrected chi connectivity index (χ3v) is 6.08. The van der Waals surface area contributed by atoms with E-state index in [0.29, 0.717) is 47.0 Å². The van der Waals surface area contributed by atoms with Gasteiger partial charge in [-0.05, 0) is 31.2 Å². The number of alkyl halides is 3. The first-order valence-corrected chi connectivity index (χ1v) is 11.2. The van der Waals surface area contributed by atoms with Gasteiger partial charge in [0.05, 0.1) is 11.7 Å². The van der Waals surface area contributed by atoms with E-state index in [1.54, 1.807) is 29.9 Å². The lowest BCUT2D eigenvalue weighted by Crippen LogP contribution is -2.47. The maximum atomic E-state index is 14.7. The smallest absolute Gasteiger partial charge is 0.258 e. The van der Waals surface area contributed by atoms with Crippen molar-refractivity contribution in [2.24, 2.45) is 0 Å². The van der Waals surface area contributed by atoms with Crippen LogP contribution in [0.5, 0.6) is 0 Å². The lowest BCUT2D eigenvalue weighted by Gasteiger charge is -2.34. The van der Waals surface area contributed by atoms with Crippen LogP contribution < -0.4 is 10.6 Å². The molecule has 0 amide bonds. The van der Waals surface area contributed by atoms with Gasteiger partial charge in [-0.1, -0.05) is 12.1 Å². The van der Waals surface area contributed by atoms with Crippen molar-refractivity contribution in [1.29, 1.82) is 0 Å². The molecule has 4 aromatic heterocycles. The summed E-state index contributed by atoms with van der Waals surface area (Å²) in [5.74, 6) is 0.847. The number of likely N-dealkylation sites (tertiary alicyclic amines) is 1. The molecule has 1 aliphatic heterocycles. The highest BCUT2D eigenvalue weighted by molar-refractivity contribution is 5.89. The second kappa shape index (κ2) is 9.05. The summed E-state index contributed by atoms with van der Waals surface area (Å²) in [6.45, 7) is 3.46. The van der Waals surface area contributed by atoms with Crippen LogP contribution in [-0.4, -0.2) is 84.8 Å². The van der Waals surface area contributed by atoms with E-state index in [-0.39, 0.29) is 11.7 Å². The summed E-state index contributed by atoms with van der Waals surface area (Å²) in [6, 6.07) is 4.89. The zero-order valence-corrected chi connectivity index (χ0v) is 18.8. The molecule has 34 heavy (non-hydrogen) atoms. The minimum Gasteiger partial charge on any atom is -0.371 e. The highest BCUT2D eigenvalue weighted by atomic mass is 19.3. The third kappa shape index (κ3) is 4.11. The lowest BCUT2D eigenvalue weighted by molar-refractivity contribution is 0.122. The number of pyridine rings is 1. The van der Waals surface area contributed by atoms with Crippen LogP contribution in [0.4, 0.5) is 24.9 Å². The summed E-state index contributed by atoms with van der Waals surface area (Å²) >= 11 is 0. The van der Waals surface area contributed by atoms with Gasteiger partial charge in [-0.2, -0.15) is 4.98 Å². The predicted octanol–water partition coefficient (Wildman–Crippen LogP) is 2.69. The number of hydrogen-bond donors (Lipinski definition) is 2. The van der Waals surface area contributed by atoms with Gasteiger partial charge in [0.1, 0.15) is 23.7 Å². The largest absolute Gasteiger partial charge is 0.371 e. The van der Waals surface area contributed by atoms with Crippen molar-refractivity contribution in [1.82, 2.24) is 39.5 Å². The van der Waals surface area contributed by atoms with Crippen LogP contribution >= 0.6 is 0 Å². The molecule has 180 valence electrons. The average molecular weight is 474 g/mol. The molecular formula is C21H25F3N10. The number of piperidine rings is 1. The molecule has 0 radical (unpaired) electrons. The molecule has 0 aliphatic carbocycles. The van der Waals surface area contributed by atoms with E-state index in [2.05, 4.69) is 40.9 Å². The average Bonchev–Trinajstić information content (AvgIpc) is 3.43. The topological polar surface area (TPSA) is 101 Å². The van der Waals surface area contributed by atoms with Crippen molar-refractivity contribution in [2.45, 2.75) is 38.5 Å². The van der Waals surface area contributed by atoms with Crippen LogP contribution in [0.15, 0.2) is 24.4 Å². The second-order valence-corrected chi connectivity index (χ2v) is 8.21. The summed E-state index contributed by atoms with van der Waals surface area (Å²) in [5, 5.41) is 18.4. The third-order valence-electron chi connectivity index (χ3n) is 6.08. The number of aromatic nitrogens is 7. The van der Waals surface area contributed by atoms with Crippen molar-refractivity contribution < 1.29 is 13.2 Å². The molecule has 2 N–H and O–H groups in total. The standard InChI is InChI=1S/C21H25F3N10/c1-3-32-8-7-15(13(22)10-32)27-21-28-19(25-2)18-12(6-9-33(18)30-21)14-4-5-16-20(26-14)34(31-29-16)11-17(23)24/h4-6,9,13,15,17H,3,7-8,10-11H2,1-2H3,(H2,25,27,28,30)/t13-,15+/m1/s1. The second-order valence-electron chi connectivity index (χ2n) is 8.21. The zero-order valence-electron chi connectivity index (χ0n) is 18.8. The highest BCUT2D eigenvalue weighted by Gasteiger charge is 2.29. The van der Waals surface area contributed by atoms with Crippen LogP contribution in [0, 0.1) is 0 Å². The molecule has 5 heterocycles. The summed E-state index contributed by atoms with van der Waals surface area (Å²) in [5.41, 5.74) is 2.62. The summed E-state index contributed by atoms with van der Waals surface area (Å²) in [4.78, 5) is 11.2. The number of rotatable bonds is 7. The van der Waals surface area contributed by atoms with E-state index in [0.717, 1.165) is 17.8 Å². The van der Waals surface area contributed by atoms with E-state index in [9.17, 15) is 13.2 Å². The number of nitrogens with zero attached hydrogens (tertiary/aromatic N) is 8. The number of anilines is 2. The van der Waals surface area contributed by atoms with Crippen LogP contribution in [0.3, 0.4) is 0 Å². The van der Waals surface area contributed by atoms with Crippen molar-refractivity contribution in [3.05, 3.63) is 24.4 Å². The van der Waals surface area contributed by atoms with Gasteiger partial charge in [-0.15, -0.1) is 10.2 Å². The summed E-state index contributed by atoms with van der Waals surface area (Å²) in [6.07, 6.45) is -1.18. The van der Waals surface area contributed by atoms with Gasteiger partial charge >= 0.3 is 0 Å². The molecule has 0 bridgehead atoms. The Labute approximate surface area is 193 Å². The maximum Gasteiger partial charge on any atom is 0.258 e. The van der Waals surface area contributed by atoms with E-state index in [1.807, 2.05) is 13.0 Å². The van der Waals surface area contributed by atoms with Gasteiger partial charge in [-0.3, -0.25) is 0 Å². The normalized spacial score (nSPS) is 19.4. The quantitative estimate of drug-likeness (QED) is 0.422. The van der Waals surface area contributed by atoms with Crippen molar-refractivity contribution in [2.75, 3.05) is 37.3 Å². The molecule has 1 fully saturated rings. The Morgan fingerprint density at radius 3 is 2.79 bits per heavy atom. The molecule has 1 aliphatic rings. The molecule has 0 spiro atoms. The molecule has 5 rings (SSSR count). The maximum absolute atomic E-state index is 14.7. The van der Waals surface area contributed by atoms with Gasteiger partial charge in [-0.25, -0.2) is 27.4 Å². The minimum atomic E-state index is -2.57. The molecule has 1 saturated heterocycles. The molecule has 10 nitrogen and oxygen atoms in total. The molecular weight excluding hydrogens is 449 g/mol. The van der Waals surface area contributed by atoms with E-state index in [1.165, 1.54) is 0 Å². The van der Waals surface area contributed by atoms with Crippen molar-refractivity contribution in [3.8, 4) is 11.3 Å². The van der Waals surface area contributed by atoms with Gasteiger partial charge in [0, 0.05) is 31.9 Å². The molecule has 0 aromatic carbocycles. The van der Waals surface area contributed by atoms with Gasteiger partial charge in [0.15, 0.2) is 11.5 Å².